The Bertz CT molecular complexity index is 670. The highest BCUT2D eigenvalue weighted by molar-refractivity contribution is 5.92. The Morgan fingerprint density at radius 3 is 2.39 bits per heavy atom. The second-order valence-corrected chi connectivity index (χ2v) is 4.93. The molecule has 0 aliphatic heterocycles. The van der Waals surface area contributed by atoms with Crippen LogP contribution in [0.5, 0.6) is 17.2 Å². The van der Waals surface area contributed by atoms with Crippen molar-refractivity contribution in [3.8, 4) is 17.2 Å². The van der Waals surface area contributed by atoms with Gasteiger partial charge in [0.25, 0.3) is 0 Å². The number of methoxy groups -OCH3 is 3. The number of para-hydroxylation sites is 1. The highest BCUT2D eigenvalue weighted by Crippen LogP contribution is 2.29. The molecule has 0 unspecified atom stereocenters. The van der Waals surface area contributed by atoms with Gasteiger partial charge in [-0.3, -0.25) is 4.79 Å². The van der Waals surface area contributed by atoms with Crippen LogP contribution >= 0.6 is 0 Å². The summed E-state index contributed by atoms with van der Waals surface area (Å²) in [4.78, 5) is 12.2. The van der Waals surface area contributed by atoms with Crippen molar-refractivity contribution in [1.82, 2.24) is 0 Å². The molecule has 5 nitrogen and oxygen atoms in total. The van der Waals surface area contributed by atoms with Crippen LogP contribution in [0.3, 0.4) is 0 Å². The normalized spacial score (nSPS) is 10.0. The van der Waals surface area contributed by atoms with E-state index in [1.54, 1.807) is 39.5 Å². The van der Waals surface area contributed by atoms with Crippen LogP contribution < -0.4 is 19.5 Å². The lowest BCUT2D eigenvalue weighted by Gasteiger charge is -2.12. The van der Waals surface area contributed by atoms with E-state index in [0.717, 1.165) is 11.3 Å². The van der Waals surface area contributed by atoms with Crippen LogP contribution in [-0.4, -0.2) is 27.2 Å². The summed E-state index contributed by atoms with van der Waals surface area (Å²) in [6.45, 7) is 0. The number of anilines is 1. The largest absolute Gasteiger partial charge is 0.497 e. The first-order chi connectivity index (χ1) is 11.2. The predicted molar refractivity (Wildman–Crippen MR) is 89.5 cm³/mol. The quantitative estimate of drug-likeness (QED) is 0.852. The molecular formula is C18H21NO4. The van der Waals surface area contributed by atoms with Gasteiger partial charge in [-0.25, -0.2) is 0 Å². The Balaban J connectivity index is 2.00. The zero-order valence-corrected chi connectivity index (χ0v) is 13.6. The smallest absolute Gasteiger partial charge is 0.224 e. The number of carbonyl (C=O) groups is 1. The van der Waals surface area contributed by atoms with Gasteiger partial charge in [0, 0.05) is 12.5 Å². The minimum Gasteiger partial charge on any atom is -0.497 e. The lowest BCUT2D eigenvalue weighted by molar-refractivity contribution is -0.116. The molecule has 0 atom stereocenters. The second-order valence-electron chi connectivity index (χ2n) is 4.93. The SMILES string of the molecule is COc1ccc(NC(=O)CCc2ccccc2OC)c(OC)c1. The summed E-state index contributed by atoms with van der Waals surface area (Å²) in [7, 11) is 4.76. The third-order valence-corrected chi connectivity index (χ3v) is 3.50. The summed E-state index contributed by atoms with van der Waals surface area (Å²) in [5.74, 6) is 1.95. The molecule has 0 fully saturated rings. The van der Waals surface area contributed by atoms with Crippen LogP contribution in [0.1, 0.15) is 12.0 Å². The van der Waals surface area contributed by atoms with Crippen molar-refractivity contribution in [3.63, 3.8) is 0 Å². The fourth-order valence-electron chi connectivity index (χ4n) is 2.27. The van der Waals surface area contributed by atoms with Crippen molar-refractivity contribution in [2.24, 2.45) is 0 Å². The van der Waals surface area contributed by atoms with Crippen LogP contribution in [-0.2, 0) is 11.2 Å². The number of benzene rings is 2. The van der Waals surface area contributed by atoms with Gasteiger partial charge in [0.2, 0.25) is 5.91 Å². The number of hydrogen-bond donors (Lipinski definition) is 1. The highest BCUT2D eigenvalue weighted by atomic mass is 16.5. The van der Waals surface area contributed by atoms with E-state index >= 15 is 0 Å². The summed E-state index contributed by atoms with van der Waals surface area (Å²) in [5, 5.41) is 2.86. The monoisotopic (exact) mass is 315 g/mol. The second kappa shape index (κ2) is 8.08. The maximum atomic E-state index is 12.2. The zero-order valence-electron chi connectivity index (χ0n) is 13.6. The van der Waals surface area contributed by atoms with Crippen molar-refractivity contribution < 1.29 is 19.0 Å². The van der Waals surface area contributed by atoms with E-state index in [1.165, 1.54) is 0 Å². The lowest BCUT2D eigenvalue weighted by atomic mass is 10.1. The molecule has 0 aliphatic rings. The molecule has 0 bridgehead atoms. The fourth-order valence-corrected chi connectivity index (χ4v) is 2.27. The zero-order chi connectivity index (χ0) is 16.7. The van der Waals surface area contributed by atoms with Crippen molar-refractivity contribution in [2.45, 2.75) is 12.8 Å². The average molecular weight is 315 g/mol. The lowest BCUT2D eigenvalue weighted by Crippen LogP contribution is -2.13. The van der Waals surface area contributed by atoms with E-state index in [1.807, 2.05) is 24.3 Å². The molecule has 2 rings (SSSR count). The molecule has 5 heteroatoms. The molecule has 122 valence electrons. The van der Waals surface area contributed by atoms with Crippen LogP contribution in [0.2, 0.25) is 0 Å². The van der Waals surface area contributed by atoms with E-state index < -0.39 is 0 Å². The third kappa shape index (κ3) is 4.39. The first-order valence-electron chi connectivity index (χ1n) is 7.31. The molecule has 0 aliphatic carbocycles. The summed E-state index contributed by atoms with van der Waals surface area (Å²) in [6.07, 6.45) is 0.962. The maximum Gasteiger partial charge on any atom is 0.224 e. The van der Waals surface area contributed by atoms with Crippen LogP contribution in [0.15, 0.2) is 42.5 Å². The number of rotatable bonds is 7. The molecule has 0 radical (unpaired) electrons. The molecule has 23 heavy (non-hydrogen) atoms. The Hall–Kier alpha value is -2.69. The molecule has 2 aromatic carbocycles. The first kappa shape index (κ1) is 16.7. The third-order valence-electron chi connectivity index (χ3n) is 3.50. The standard InChI is InChI=1S/C18H21NO4/c1-21-14-9-10-15(17(12-14)23-3)19-18(20)11-8-13-6-4-5-7-16(13)22-2/h4-7,9-10,12H,8,11H2,1-3H3,(H,19,20). The summed E-state index contributed by atoms with van der Waals surface area (Å²) in [6, 6.07) is 13.0. The molecule has 0 heterocycles. The maximum absolute atomic E-state index is 12.2. The Morgan fingerprint density at radius 2 is 1.70 bits per heavy atom. The number of hydrogen-bond acceptors (Lipinski definition) is 4. The van der Waals surface area contributed by atoms with Gasteiger partial charge >= 0.3 is 0 Å². The van der Waals surface area contributed by atoms with Gasteiger partial charge in [0.1, 0.15) is 17.2 Å². The predicted octanol–water partition coefficient (Wildman–Crippen LogP) is 3.28. The van der Waals surface area contributed by atoms with Gasteiger partial charge in [0.15, 0.2) is 0 Å². The van der Waals surface area contributed by atoms with Crippen molar-refractivity contribution >= 4 is 11.6 Å². The number of ether oxygens (including phenoxy) is 3. The molecule has 0 saturated heterocycles. The number of nitrogens with one attached hydrogen (secondary N) is 1. The minimum absolute atomic E-state index is 0.0839. The minimum atomic E-state index is -0.0839. The fraction of sp³-hybridized carbons (Fsp3) is 0.278. The van der Waals surface area contributed by atoms with Crippen LogP contribution in [0.4, 0.5) is 5.69 Å². The summed E-state index contributed by atoms with van der Waals surface area (Å²) >= 11 is 0. The molecular weight excluding hydrogens is 294 g/mol. The van der Waals surface area contributed by atoms with Gasteiger partial charge in [-0.2, -0.15) is 0 Å². The Labute approximate surface area is 136 Å². The van der Waals surface area contributed by atoms with E-state index in [4.69, 9.17) is 14.2 Å². The molecule has 2 aromatic rings. The van der Waals surface area contributed by atoms with E-state index in [0.29, 0.717) is 30.0 Å². The Morgan fingerprint density at radius 1 is 0.957 bits per heavy atom. The van der Waals surface area contributed by atoms with E-state index in [2.05, 4.69) is 5.32 Å². The van der Waals surface area contributed by atoms with E-state index in [-0.39, 0.29) is 5.91 Å². The van der Waals surface area contributed by atoms with E-state index in [9.17, 15) is 4.79 Å². The van der Waals surface area contributed by atoms with Crippen molar-refractivity contribution in [2.75, 3.05) is 26.6 Å². The number of carbonyl (C=O) groups excluding carboxylic acids is 1. The molecule has 0 spiro atoms. The van der Waals surface area contributed by atoms with Crippen molar-refractivity contribution in [1.29, 1.82) is 0 Å². The van der Waals surface area contributed by atoms with Gasteiger partial charge < -0.3 is 19.5 Å². The average Bonchev–Trinajstić information content (AvgIpc) is 2.60. The molecule has 0 aromatic heterocycles. The number of amides is 1. The number of aryl methyl sites for hydroxylation is 1. The van der Waals surface area contributed by atoms with Crippen LogP contribution in [0, 0.1) is 0 Å². The first-order valence-corrected chi connectivity index (χ1v) is 7.31. The van der Waals surface area contributed by atoms with Crippen molar-refractivity contribution in [3.05, 3.63) is 48.0 Å². The van der Waals surface area contributed by atoms with Crippen LogP contribution in [0.25, 0.3) is 0 Å². The summed E-state index contributed by atoms with van der Waals surface area (Å²) < 4.78 is 15.7. The van der Waals surface area contributed by atoms with Gasteiger partial charge in [0.05, 0.1) is 27.0 Å². The van der Waals surface area contributed by atoms with Gasteiger partial charge in [-0.1, -0.05) is 18.2 Å². The topological polar surface area (TPSA) is 56.8 Å². The van der Waals surface area contributed by atoms with Gasteiger partial charge in [-0.05, 0) is 30.2 Å². The van der Waals surface area contributed by atoms with Gasteiger partial charge in [-0.15, -0.1) is 0 Å². The molecule has 0 saturated carbocycles. The summed E-state index contributed by atoms with van der Waals surface area (Å²) in [5.41, 5.74) is 1.63. The highest BCUT2D eigenvalue weighted by Gasteiger charge is 2.10. The molecule has 1 N–H and O–H groups in total. The Kier molecular flexibility index (Phi) is 5.86. The molecule has 1 amide bonds.